The molecule has 1 aromatic carbocycles. The summed E-state index contributed by atoms with van der Waals surface area (Å²) in [6.45, 7) is 12.6. The van der Waals surface area contributed by atoms with Crippen molar-refractivity contribution in [1.29, 1.82) is 0 Å². The zero-order valence-corrected chi connectivity index (χ0v) is 22.5. The maximum absolute atomic E-state index is 13.9. The first-order chi connectivity index (χ1) is 16.7. The number of hydrogen-bond acceptors (Lipinski definition) is 6. The molecule has 1 rings (SSSR count). The van der Waals surface area contributed by atoms with Crippen LogP contribution < -0.4 is 16.4 Å². The summed E-state index contributed by atoms with van der Waals surface area (Å²) in [5.74, 6) is -1.49. The molecule has 0 aromatic heterocycles. The Labute approximate surface area is 213 Å². The van der Waals surface area contributed by atoms with Crippen LogP contribution >= 0.6 is 0 Å². The summed E-state index contributed by atoms with van der Waals surface area (Å²) in [7, 11) is 0. The van der Waals surface area contributed by atoms with Gasteiger partial charge in [-0.1, -0.05) is 19.4 Å². The zero-order valence-electron chi connectivity index (χ0n) is 22.5. The van der Waals surface area contributed by atoms with Crippen LogP contribution in [0.4, 0.5) is 4.79 Å². The Bertz CT molecular complexity index is 925. The van der Waals surface area contributed by atoms with Gasteiger partial charge in [0, 0.05) is 19.0 Å². The molecule has 0 saturated heterocycles. The summed E-state index contributed by atoms with van der Waals surface area (Å²) in [6.07, 6.45) is 0.341. The summed E-state index contributed by atoms with van der Waals surface area (Å²) in [5.41, 5.74) is 5.58. The number of primary amides is 1. The van der Waals surface area contributed by atoms with Crippen LogP contribution in [0.5, 0.6) is 5.75 Å². The van der Waals surface area contributed by atoms with E-state index in [1.165, 1.54) is 11.0 Å². The highest BCUT2D eigenvalue weighted by atomic mass is 16.6. The Morgan fingerprint density at radius 3 is 2.28 bits per heavy atom. The molecule has 10 nitrogen and oxygen atoms in total. The molecule has 0 aliphatic rings. The topological polar surface area (TPSA) is 151 Å². The average molecular weight is 507 g/mol. The molecule has 0 radical (unpaired) electrons. The molecule has 0 fully saturated rings. The summed E-state index contributed by atoms with van der Waals surface area (Å²) >= 11 is 0. The predicted molar refractivity (Wildman–Crippen MR) is 137 cm³/mol. The second-order valence-corrected chi connectivity index (χ2v) is 10.2. The monoisotopic (exact) mass is 506 g/mol. The number of nitrogens with two attached hydrogens (primary N) is 1. The number of nitrogens with one attached hydrogen (secondary N) is 2. The molecular formula is C26H42N4O6. The third kappa shape index (κ3) is 10.1. The molecule has 0 aliphatic heterocycles. The molecule has 5 N–H and O–H groups in total. The van der Waals surface area contributed by atoms with Gasteiger partial charge in [0.2, 0.25) is 17.7 Å². The molecular weight excluding hydrogens is 464 g/mol. The number of benzene rings is 1. The second kappa shape index (κ2) is 13.7. The first kappa shape index (κ1) is 30.7. The minimum absolute atomic E-state index is 0.0524. The summed E-state index contributed by atoms with van der Waals surface area (Å²) in [4.78, 5) is 52.7. The van der Waals surface area contributed by atoms with Crippen molar-refractivity contribution in [2.75, 3.05) is 6.54 Å². The number of aryl methyl sites for hydroxylation is 1. The highest BCUT2D eigenvalue weighted by molar-refractivity contribution is 5.92. The van der Waals surface area contributed by atoms with Gasteiger partial charge in [0.25, 0.3) is 0 Å². The van der Waals surface area contributed by atoms with E-state index in [2.05, 4.69) is 10.6 Å². The lowest BCUT2D eigenvalue weighted by atomic mass is 9.99. The lowest BCUT2D eigenvalue weighted by Crippen LogP contribution is -2.54. The Kier molecular flexibility index (Phi) is 11.7. The molecule has 2 atom stereocenters. The molecule has 0 saturated carbocycles. The number of phenols is 1. The summed E-state index contributed by atoms with van der Waals surface area (Å²) < 4.78 is 5.32. The minimum atomic E-state index is -1.14. The number of ether oxygens (including phenoxy) is 1. The number of aromatic hydroxyl groups is 1. The van der Waals surface area contributed by atoms with E-state index in [-0.39, 0.29) is 31.2 Å². The first-order valence-electron chi connectivity index (χ1n) is 12.3. The highest BCUT2D eigenvalue weighted by Gasteiger charge is 2.36. The van der Waals surface area contributed by atoms with Crippen LogP contribution in [0, 0.1) is 6.92 Å². The van der Waals surface area contributed by atoms with Crippen molar-refractivity contribution in [3.8, 4) is 5.75 Å². The van der Waals surface area contributed by atoms with Crippen LogP contribution in [-0.2, 0) is 19.1 Å². The van der Waals surface area contributed by atoms with Crippen LogP contribution in [0.3, 0.4) is 0 Å². The molecule has 2 unspecified atom stereocenters. The van der Waals surface area contributed by atoms with E-state index in [0.29, 0.717) is 17.5 Å². The van der Waals surface area contributed by atoms with Crippen LogP contribution in [0.1, 0.15) is 84.4 Å². The highest BCUT2D eigenvalue weighted by Crippen LogP contribution is 2.28. The first-order valence-corrected chi connectivity index (χ1v) is 12.3. The molecule has 0 bridgehead atoms. The Balaban J connectivity index is 3.51. The molecule has 10 heteroatoms. The Hall–Kier alpha value is -3.30. The van der Waals surface area contributed by atoms with Gasteiger partial charge in [-0.2, -0.15) is 0 Å². The van der Waals surface area contributed by atoms with E-state index >= 15 is 0 Å². The third-order valence-electron chi connectivity index (χ3n) is 5.23. The number of carbonyl (C=O) groups excluding carboxylic acids is 4. The van der Waals surface area contributed by atoms with Gasteiger partial charge in [-0.25, -0.2) is 4.79 Å². The van der Waals surface area contributed by atoms with Crippen LogP contribution in [-0.4, -0.2) is 58.1 Å². The van der Waals surface area contributed by atoms with Crippen molar-refractivity contribution >= 4 is 23.8 Å². The maximum atomic E-state index is 13.9. The standard InChI is InChI=1S/C26H42N4O6/c1-8-9-14-30(22(23(33)28-16(2)3)18-10-12-20(31)17(4)15-18)24(34)19(11-13-21(27)32)29-25(35)36-26(5,6)7/h10,12,15-16,19,22,31H,8-9,11,13-14H2,1-7H3,(H2,27,32)(H,28,33)(H,29,35). The van der Waals surface area contributed by atoms with E-state index < -0.39 is 41.5 Å². The van der Waals surface area contributed by atoms with Crippen molar-refractivity contribution in [3.63, 3.8) is 0 Å². The van der Waals surface area contributed by atoms with Crippen LogP contribution in [0.2, 0.25) is 0 Å². The SMILES string of the molecule is CCCCN(C(=O)C(CCC(N)=O)NC(=O)OC(C)(C)C)C(C(=O)NC(C)C)c1ccc(O)c(C)c1. The fourth-order valence-electron chi connectivity index (χ4n) is 3.57. The van der Waals surface area contributed by atoms with Gasteiger partial charge in [-0.3, -0.25) is 14.4 Å². The number of carbonyl (C=O) groups is 4. The lowest BCUT2D eigenvalue weighted by Gasteiger charge is -2.35. The average Bonchev–Trinajstić information content (AvgIpc) is 2.73. The van der Waals surface area contributed by atoms with E-state index in [0.717, 1.165) is 6.42 Å². The smallest absolute Gasteiger partial charge is 0.408 e. The van der Waals surface area contributed by atoms with Gasteiger partial charge in [-0.05, 0) is 77.6 Å². The van der Waals surface area contributed by atoms with Crippen molar-refractivity contribution < 1.29 is 29.0 Å². The quantitative estimate of drug-likeness (QED) is 0.342. The Morgan fingerprint density at radius 1 is 1.14 bits per heavy atom. The van der Waals surface area contributed by atoms with E-state index in [1.54, 1.807) is 39.8 Å². The van der Waals surface area contributed by atoms with E-state index in [1.807, 2.05) is 20.8 Å². The van der Waals surface area contributed by atoms with Crippen molar-refractivity contribution in [2.24, 2.45) is 5.73 Å². The van der Waals surface area contributed by atoms with Gasteiger partial charge in [0.05, 0.1) is 0 Å². The number of amides is 4. The number of alkyl carbamates (subject to hydrolysis) is 1. The minimum Gasteiger partial charge on any atom is -0.508 e. The zero-order chi connectivity index (χ0) is 27.6. The second-order valence-electron chi connectivity index (χ2n) is 10.2. The third-order valence-corrected chi connectivity index (χ3v) is 5.23. The molecule has 0 spiro atoms. The molecule has 36 heavy (non-hydrogen) atoms. The lowest BCUT2D eigenvalue weighted by molar-refractivity contribution is -0.143. The van der Waals surface area contributed by atoms with E-state index in [4.69, 9.17) is 10.5 Å². The molecule has 0 aliphatic carbocycles. The summed E-state index contributed by atoms with van der Waals surface area (Å²) in [6, 6.07) is 2.38. The number of rotatable bonds is 12. The van der Waals surface area contributed by atoms with Crippen LogP contribution in [0.15, 0.2) is 18.2 Å². The Morgan fingerprint density at radius 2 is 1.78 bits per heavy atom. The van der Waals surface area contributed by atoms with E-state index in [9.17, 15) is 24.3 Å². The number of unbranched alkanes of at least 4 members (excludes halogenated alkanes) is 1. The van der Waals surface area contributed by atoms with Gasteiger partial charge in [0.1, 0.15) is 23.4 Å². The number of nitrogens with zero attached hydrogens (tertiary/aromatic N) is 1. The van der Waals surface area contributed by atoms with Gasteiger partial charge in [0.15, 0.2) is 0 Å². The van der Waals surface area contributed by atoms with Gasteiger partial charge >= 0.3 is 6.09 Å². The molecule has 4 amide bonds. The normalized spacial score (nSPS) is 13.0. The van der Waals surface area contributed by atoms with Crippen molar-refractivity contribution in [2.45, 2.75) is 97.9 Å². The number of phenolic OH excluding ortho intramolecular Hbond substituents is 1. The number of hydrogen-bond donors (Lipinski definition) is 4. The molecule has 202 valence electrons. The molecule has 0 heterocycles. The molecule has 1 aromatic rings. The maximum Gasteiger partial charge on any atom is 0.408 e. The van der Waals surface area contributed by atoms with Gasteiger partial charge < -0.3 is 31.1 Å². The largest absolute Gasteiger partial charge is 0.508 e. The van der Waals surface area contributed by atoms with Crippen molar-refractivity contribution in [3.05, 3.63) is 29.3 Å². The summed E-state index contributed by atoms with van der Waals surface area (Å²) in [5, 5.41) is 15.4. The van der Waals surface area contributed by atoms with Crippen LogP contribution in [0.25, 0.3) is 0 Å². The predicted octanol–water partition coefficient (Wildman–Crippen LogP) is 3.05. The van der Waals surface area contributed by atoms with Gasteiger partial charge in [-0.15, -0.1) is 0 Å². The van der Waals surface area contributed by atoms with Crippen molar-refractivity contribution in [1.82, 2.24) is 15.5 Å². The fraction of sp³-hybridized carbons (Fsp3) is 0.615. The fourth-order valence-corrected chi connectivity index (χ4v) is 3.57.